The molecule has 1 aromatic carbocycles. The lowest BCUT2D eigenvalue weighted by molar-refractivity contribution is 0.238. The highest BCUT2D eigenvalue weighted by Crippen LogP contribution is 2.11. The van der Waals surface area contributed by atoms with E-state index < -0.39 is 0 Å². The van der Waals surface area contributed by atoms with E-state index in [1.165, 1.54) is 0 Å². The van der Waals surface area contributed by atoms with Gasteiger partial charge in [-0.15, -0.1) is 0 Å². The number of pyridine rings is 1. The molecule has 5 heteroatoms. The van der Waals surface area contributed by atoms with Crippen LogP contribution in [0.1, 0.15) is 24.1 Å². The average Bonchev–Trinajstić information content (AvgIpc) is 2.48. The minimum Gasteiger partial charge on any atom is -0.338 e. The number of urea groups is 1. The van der Waals surface area contributed by atoms with Crippen LogP contribution in [0.5, 0.6) is 0 Å². The van der Waals surface area contributed by atoms with Crippen molar-refractivity contribution in [2.45, 2.75) is 19.4 Å². The maximum Gasteiger partial charge on any atom is 0.315 e. The zero-order valence-electron chi connectivity index (χ0n) is 11.8. The molecule has 0 aliphatic carbocycles. The van der Waals surface area contributed by atoms with Crippen LogP contribution in [0.3, 0.4) is 0 Å². The fourth-order valence-corrected chi connectivity index (χ4v) is 2.21. The average molecular weight is 304 g/mol. The second-order valence-electron chi connectivity index (χ2n) is 4.78. The Morgan fingerprint density at radius 3 is 2.76 bits per heavy atom. The highest BCUT2D eigenvalue weighted by molar-refractivity contribution is 6.30. The second-order valence-corrected chi connectivity index (χ2v) is 5.22. The quantitative estimate of drug-likeness (QED) is 0.890. The first-order valence-corrected chi connectivity index (χ1v) is 7.21. The standard InChI is InChI=1S/C16H18ClN3O/c1-12(14-6-8-18-9-7-14)20-16(21)19-10-5-13-3-2-4-15(17)11-13/h2-4,6-9,11-12H,5,10H2,1H3,(H2,19,20,21). The van der Waals surface area contributed by atoms with Crippen LogP contribution in [0, 0.1) is 0 Å². The fourth-order valence-electron chi connectivity index (χ4n) is 2.00. The Bertz CT molecular complexity index is 589. The third-order valence-electron chi connectivity index (χ3n) is 3.14. The number of halogens is 1. The molecule has 1 atom stereocenters. The summed E-state index contributed by atoms with van der Waals surface area (Å²) in [5, 5.41) is 6.44. The van der Waals surface area contributed by atoms with Gasteiger partial charge in [-0.3, -0.25) is 4.98 Å². The normalized spacial score (nSPS) is 11.7. The Kier molecular flexibility index (Phi) is 5.58. The Hall–Kier alpha value is -2.07. The van der Waals surface area contributed by atoms with Crippen LogP contribution in [-0.2, 0) is 6.42 Å². The summed E-state index contributed by atoms with van der Waals surface area (Å²) in [5.74, 6) is 0. The third-order valence-corrected chi connectivity index (χ3v) is 3.38. The van der Waals surface area contributed by atoms with E-state index in [1.54, 1.807) is 12.4 Å². The van der Waals surface area contributed by atoms with E-state index in [0.29, 0.717) is 11.6 Å². The summed E-state index contributed by atoms with van der Waals surface area (Å²) in [4.78, 5) is 15.8. The molecule has 0 saturated carbocycles. The Morgan fingerprint density at radius 1 is 1.29 bits per heavy atom. The fraction of sp³-hybridized carbons (Fsp3) is 0.250. The number of aromatic nitrogens is 1. The zero-order valence-corrected chi connectivity index (χ0v) is 12.6. The largest absolute Gasteiger partial charge is 0.338 e. The summed E-state index contributed by atoms with van der Waals surface area (Å²) in [5.41, 5.74) is 2.12. The topological polar surface area (TPSA) is 54.0 Å². The molecular weight excluding hydrogens is 286 g/mol. The molecule has 1 aromatic heterocycles. The van der Waals surface area contributed by atoms with Crippen LogP contribution in [0.2, 0.25) is 5.02 Å². The number of nitrogens with one attached hydrogen (secondary N) is 2. The Morgan fingerprint density at radius 2 is 2.05 bits per heavy atom. The van der Waals surface area contributed by atoms with Crippen molar-refractivity contribution in [3.05, 3.63) is 64.9 Å². The van der Waals surface area contributed by atoms with Gasteiger partial charge in [0, 0.05) is 24.0 Å². The highest BCUT2D eigenvalue weighted by Gasteiger charge is 2.08. The van der Waals surface area contributed by atoms with Crippen LogP contribution in [0.15, 0.2) is 48.8 Å². The van der Waals surface area contributed by atoms with Gasteiger partial charge in [-0.2, -0.15) is 0 Å². The lowest BCUT2D eigenvalue weighted by Crippen LogP contribution is -2.38. The van der Waals surface area contributed by atoms with Crippen molar-refractivity contribution in [2.75, 3.05) is 6.54 Å². The van der Waals surface area contributed by atoms with Gasteiger partial charge in [0.1, 0.15) is 0 Å². The van der Waals surface area contributed by atoms with Gasteiger partial charge in [0.25, 0.3) is 0 Å². The van der Waals surface area contributed by atoms with Crippen LogP contribution in [0.4, 0.5) is 4.79 Å². The highest BCUT2D eigenvalue weighted by atomic mass is 35.5. The number of nitrogens with zero attached hydrogens (tertiary/aromatic N) is 1. The first-order chi connectivity index (χ1) is 10.1. The molecule has 110 valence electrons. The number of carbonyl (C=O) groups excluding carboxylic acids is 1. The molecule has 4 nitrogen and oxygen atoms in total. The van der Waals surface area contributed by atoms with E-state index >= 15 is 0 Å². The van der Waals surface area contributed by atoms with Gasteiger partial charge in [0.15, 0.2) is 0 Å². The van der Waals surface area contributed by atoms with Gasteiger partial charge in [-0.1, -0.05) is 23.7 Å². The number of benzene rings is 1. The molecule has 0 fully saturated rings. The van der Waals surface area contributed by atoms with E-state index in [2.05, 4.69) is 15.6 Å². The van der Waals surface area contributed by atoms with E-state index in [0.717, 1.165) is 17.5 Å². The Balaban J connectivity index is 1.75. The lowest BCUT2D eigenvalue weighted by atomic mass is 10.1. The minimum absolute atomic E-state index is 0.0563. The van der Waals surface area contributed by atoms with E-state index in [9.17, 15) is 4.79 Å². The second kappa shape index (κ2) is 7.64. The summed E-state index contributed by atoms with van der Waals surface area (Å²) < 4.78 is 0. The number of amides is 2. The van der Waals surface area contributed by atoms with Crippen molar-refractivity contribution in [1.82, 2.24) is 15.6 Å². The smallest absolute Gasteiger partial charge is 0.315 e. The zero-order chi connectivity index (χ0) is 15.1. The van der Waals surface area contributed by atoms with E-state index in [-0.39, 0.29) is 12.1 Å². The summed E-state index contributed by atoms with van der Waals surface area (Å²) in [7, 11) is 0. The first-order valence-electron chi connectivity index (χ1n) is 6.84. The molecule has 21 heavy (non-hydrogen) atoms. The number of carbonyl (C=O) groups is 1. The number of rotatable bonds is 5. The van der Waals surface area contributed by atoms with Gasteiger partial charge in [0.05, 0.1) is 6.04 Å². The van der Waals surface area contributed by atoms with Gasteiger partial charge in [-0.25, -0.2) is 4.79 Å². The number of hydrogen-bond acceptors (Lipinski definition) is 2. The molecule has 0 aliphatic rings. The molecule has 2 amide bonds. The molecule has 0 saturated heterocycles. The molecule has 1 unspecified atom stereocenters. The predicted octanol–water partition coefficient (Wildman–Crippen LogP) is 3.34. The van der Waals surface area contributed by atoms with Gasteiger partial charge in [-0.05, 0) is 48.7 Å². The molecule has 0 radical (unpaired) electrons. The monoisotopic (exact) mass is 303 g/mol. The predicted molar refractivity (Wildman–Crippen MR) is 84.3 cm³/mol. The molecule has 1 heterocycles. The van der Waals surface area contributed by atoms with Crippen molar-refractivity contribution in [3.8, 4) is 0 Å². The van der Waals surface area contributed by atoms with Crippen LogP contribution < -0.4 is 10.6 Å². The van der Waals surface area contributed by atoms with Crippen molar-refractivity contribution < 1.29 is 4.79 Å². The molecule has 0 spiro atoms. The first kappa shape index (κ1) is 15.3. The summed E-state index contributed by atoms with van der Waals surface area (Å²) in [6.07, 6.45) is 4.17. The summed E-state index contributed by atoms with van der Waals surface area (Å²) >= 11 is 5.92. The van der Waals surface area contributed by atoms with Crippen molar-refractivity contribution >= 4 is 17.6 Å². The van der Waals surface area contributed by atoms with Crippen LogP contribution in [-0.4, -0.2) is 17.6 Å². The molecule has 0 aliphatic heterocycles. The van der Waals surface area contributed by atoms with Crippen LogP contribution in [0.25, 0.3) is 0 Å². The molecular formula is C16H18ClN3O. The summed E-state index contributed by atoms with van der Waals surface area (Å²) in [6, 6.07) is 11.2. The van der Waals surface area contributed by atoms with Crippen molar-refractivity contribution in [1.29, 1.82) is 0 Å². The molecule has 2 rings (SSSR count). The summed E-state index contributed by atoms with van der Waals surface area (Å²) in [6.45, 7) is 2.50. The SMILES string of the molecule is CC(NC(=O)NCCc1cccc(Cl)c1)c1ccncc1. The maximum atomic E-state index is 11.8. The maximum absolute atomic E-state index is 11.8. The van der Waals surface area contributed by atoms with E-state index in [4.69, 9.17) is 11.6 Å². The molecule has 0 bridgehead atoms. The van der Waals surface area contributed by atoms with Gasteiger partial charge >= 0.3 is 6.03 Å². The number of hydrogen-bond donors (Lipinski definition) is 2. The van der Waals surface area contributed by atoms with Gasteiger partial charge in [0.2, 0.25) is 0 Å². The molecule has 2 aromatic rings. The lowest BCUT2D eigenvalue weighted by Gasteiger charge is -2.14. The van der Waals surface area contributed by atoms with Crippen molar-refractivity contribution in [3.63, 3.8) is 0 Å². The van der Waals surface area contributed by atoms with E-state index in [1.807, 2.05) is 43.3 Å². The third kappa shape index (κ3) is 5.08. The Labute approximate surface area is 129 Å². The van der Waals surface area contributed by atoms with Crippen molar-refractivity contribution in [2.24, 2.45) is 0 Å². The molecule has 2 N–H and O–H groups in total. The van der Waals surface area contributed by atoms with Gasteiger partial charge < -0.3 is 10.6 Å². The minimum atomic E-state index is -0.179. The van der Waals surface area contributed by atoms with Crippen LogP contribution >= 0.6 is 11.6 Å².